The fraction of sp³-hybridized carbons (Fsp3) is 1.00. The highest BCUT2D eigenvalue weighted by molar-refractivity contribution is 4.84. The smallest absolute Gasteiger partial charge is 0.0218 e. The molecule has 2 nitrogen and oxygen atoms in total. The predicted octanol–water partition coefficient (Wildman–Crippen LogP) is 2.92. The standard InChI is InChI=1S/C15H30N2/c1-12(13-8-9-13)11-17-15(10-16)14-6-4-2-3-5-7-14/h12-15,17H,2-11,16H2,1H3. The molecule has 0 aromatic rings. The second-order valence-electron chi connectivity index (χ2n) is 6.32. The van der Waals surface area contributed by atoms with Crippen LogP contribution in [0, 0.1) is 17.8 Å². The molecule has 2 unspecified atom stereocenters. The summed E-state index contributed by atoms with van der Waals surface area (Å²) in [6.07, 6.45) is 11.4. The Bertz CT molecular complexity index is 205. The quantitative estimate of drug-likeness (QED) is 0.698. The molecule has 2 fully saturated rings. The van der Waals surface area contributed by atoms with Crippen LogP contribution in [0.1, 0.15) is 58.3 Å². The van der Waals surface area contributed by atoms with Crippen LogP contribution in [0.4, 0.5) is 0 Å². The van der Waals surface area contributed by atoms with Gasteiger partial charge in [-0.05, 0) is 50.0 Å². The molecule has 100 valence electrons. The summed E-state index contributed by atoms with van der Waals surface area (Å²) in [5.74, 6) is 2.71. The SMILES string of the molecule is CC(CNC(CN)C1CCCCCC1)C1CC1. The molecule has 2 rings (SSSR count). The molecular weight excluding hydrogens is 208 g/mol. The summed E-state index contributed by atoms with van der Waals surface area (Å²) in [6, 6.07) is 0.578. The average molecular weight is 238 g/mol. The molecule has 3 N–H and O–H groups in total. The lowest BCUT2D eigenvalue weighted by atomic mass is 9.91. The molecule has 0 amide bonds. The van der Waals surface area contributed by atoms with Gasteiger partial charge in [-0.3, -0.25) is 0 Å². The van der Waals surface area contributed by atoms with Gasteiger partial charge < -0.3 is 11.1 Å². The summed E-state index contributed by atoms with van der Waals surface area (Å²) < 4.78 is 0. The first kappa shape index (κ1) is 13.4. The van der Waals surface area contributed by atoms with E-state index in [0.717, 1.165) is 24.3 Å². The fourth-order valence-electron chi connectivity index (χ4n) is 3.32. The van der Waals surface area contributed by atoms with Crippen molar-refractivity contribution in [2.75, 3.05) is 13.1 Å². The topological polar surface area (TPSA) is 38.0 Å². The van der Waals surface area contributed by atoms with Gasteiger partial charge in [-0.15, -0.1) is 0 Å². The van der Waals surface area contributed by atoms with Crippen molar-refractivity contribution in [2.45, 2.75) is 64.3 Å². The van der Waals surface area contributed by atoms with E-state index in [1.165, 1.54) is 57.9 Å². The van der Waals surface area contributed by atoms with Crippen LogP contribution in [-0.2, 0) is 0 Å². The van der Waals surface area contributed by atoms with Crippen molar-refractivity contribution in [3.8, 4) is 0 Å². The number of nitrogens with two attached hydrogens (primary N) is 1. The van der Waals surface area contributed by atoms with Gasteiger partial charge >= 0.3 is 0 Å². The third-order valence-corrected chi connectivity index (χ3v) is 4.85. The Labute approximate surface area is 107 Å². The zero-order chi connectivity index (χ0) is 12.1. The molecule has 0 heterocycles. The van der Waals surface area contributed by atoms with Crippen molar-refractivity contribution in [1.29, 1.82) is 0 Å². The maximum absolute atomic E-state index is 5.97. The van der Waals surface area contributed by atoms with Gasteiger partial charge in [-0.1, -0.05) is 32.6 Å². The minimum Gasteiger partial charge on any atom is -0.329 e. The summed E-state index contributed by atoms with van der Waals surface area (Å²) in [6.45, 7) is 4.40. The van der Waals surface area contributed by atoms with E-state index < -0.39 is 0 Å². The largest absolute Gasteiger partial charge is 0.329 e. The average Bonchev–Trinajstić information content (AvgIpc) is 3.17. The molecule has 2 atom stereocenters. The first-order valence-electron chi connectivity index (χ1n) is 7.74. The Hall–Kier alpha value is -0.0800. The van der Waals surface area contributed by atoms with Gasteiger partial charge in [-0.2, -0.15) is 0 Å². The fourth-order valence-corrected chi connectivity index (χ4v) is 3.32. The lowest BCUT2D eigenvalue weighted by molar-refractivity contribution is 0.304. The van der Waals surface area contributed by atoms with Crippen molar-refractivity contribution < 1.29 is 0 Å². The van der Waals surface area contributed by atoms with E-state index >= 15 is 0 Å². The summed E-state index contributed by atoms with van der Waals surface area (Å²) in [5.41, 5.74) is 5.97. The first-order chi connectivity index (χ1) is 8.31. The zero-order valence-corrected chi connectivity index (χ0v) is 11.5. The van der Waals surface area contributed by atoms with Gasteiger partial charge in [0.25, 0.3) is 0 Å². The highest BCUT2D eigenvalue weighted by Gasteiger charge is 2.29. The first-order valence-corrected chi connectivity index (χ1v) is 7.74. The number of hydrogen-bond donors (Lipinski definition) is 2. The monoisotopic (exact) mass is 238 g/mol. The van der Waals surface area contributed by atoms with Crippen molar-refractivity contribution in [3.05, 3.63) is 0 Å². The molecule has 17 heavy (non-hydrogen) atoms. The number of rotatable bonds is 6. The highest BCUT2D eigenvalue weighted by atomic mass is 14.9. The minimum absolute atomic E-state index is 0.578. The summed E-state index contributed by atoms with van der Waals surface area (Å²) in [5, 5.41) is 3.76. The van der Waals surface area contributed by atoms with Crippen LogP contribution in [0.5, 0.6) is 0 Å². The van der Waals surface area contributed by atoms with Gasteiger partial charge in [0, 0.05) is 12.6 Å². The Morgan fingerprint density at radius 3 is 2.18 bits per heavy atom. The van der Waals surface area contributed by atoms with Crippen LogP contribution < -0.4 is 11.1 Å². The second kappa shape index (κ2) is 6.75. The lowest BCUT2D eigenvalue weighted by Crippen LogP contribution is -2.44. The van der Waals surface area contributed by atoms with E-state index in [-0.39, 0.29) is 0 Å². The summed E-state index contributed by atoms with van der Waals surface area (Å²) in [4.78, 5) is 0. The maximum atomic E-state index is 5.97. The Morgan fingerprint density at radius 2 is 1.65 bits per heavy atom. The van der Waals surface area contributed by atoms with Crippen molar-refractivity contribution in [1.82, 2.24) is 5.32 Å². The molecule has 0 saturated heterocycles. The van der Waals surface area contributed by atoms with Crippen LogP contribution in [0.15, 0.2) is 0 Å². The van der Waals surface area contributed by atoms with Crippen LogP contribution in [0.3, 0.4) is 0 Å². The summed E-state index contributed by atoms with van der Waals surface area (Å²) >= 11 is 0. The molecule has 2 aliphatic carbocycles. The molecule has 0 spiro atoms. The van der Waals surface area contributed by atoms with Gasteiger partial charge in [0.1, 0.15) is 0 Å². The van der Waals surface area contributed by atoms with Gasteiger partial charge in [-0.25, -0.2) is 0 Å². The summed E-state index contributed by atoms with van der Waals surface area (Å²) in [7, 11) is 0. The molecular formula is C15H30N2. The molecule has 0 aromatic heterocycles. The molecule has 0 aromatic carbocycles. The van der Waals surface area contributed by atoms with Crippen LogP contribution in [0.2, 0.25) is 0 Å². The molecule has 2 saturated carbocycles. The van der Waals surface area contributed by atoms with Gasteiger partial charge in [0.05, 0.1) is 0 Å². The second-order valence-corrected chi connectivity index (χ2v) is 6.32. The third-order valence-electron chi connectivity index (χ3n) is 4.85. The Balaban J connectivity index is 1.73. The number of hydrogen-bond acceptors (Lipinski definition) is 2. The van der Waals surface area contributed by atoms with Gasteiger partial charge in [0.15, 0.2) is 0 Å². The minimum atomic E-state index is 0.578. The molecule has 0 aliphatic heterocycles. The van der Waals surface area contributed by atoms with Crippen LogP contribution in [0.25, 0.3) is 0 Å². The van der Waals surface area contributed by atoms with E-state index in [9.17, 15) is 0 Å². The van der Waals surface area contributed by atoms with E-state index in [0.29, 0.717) is 6.04 Å². The molecule has 2 heteroatoms. The predicted molar refractivity (Wildman–Crippen MR) is 73.9 cm³/mol. The number of nitrogens with one attached hydrogen (secondary N) is 1. The Morgan fingerprint density at radius 1 is 1.00 bits per heavy atom. The molecule has 0 radical (unpaired) electrons. The lowest BCUT2D eigenvalue weighted by Gasteiger charge is -2.27. The van der Waals surface area contributed by atoms with Crippen molar-refractivity contribution >= 4 is 0 Å². The third kappa shape index (κ3) is 4.26. The van der Waals surface area contributed by atoms with E-state index in [1.54, 1.807) is 0 Å². The Kier molecular flexibility index (Phi) is 5.30. The normalized spacial score (nSPS) is 26.5. The van der Waals surface area contributed by atoms with Gasteiger partial charge in [0.2, 0.25) is 0 Å². The van der Waals surface area contributed by atoms with E-state index in [1.807, 2.05) is 0 Å². The van der Waals surface area contributed by atoms with Crippen molar-refractivity contribution in [2.24, 2.45) is 23.5 Å². The molecule has 0 bridgehead atoms. The maximum Gasteiger partial charge on any atom is 0.0218 e. The van der Waals surface area contributed by atoms with Crippen LogP contribution >= 0.6 is 0 Å². The van der Waals surface area contributed by atoms with Crippen LogP contribution in [-0.4, -0.2) is 19.1 Å². The van der Waals surface area contributed by atoms with E-state index in [4.69, 9.17) is 5.73 Å². The zero-order valence-electron chi connectivity index (χ0n) is 11.5. The highest BCUT2D eigenvalue weighted by Crippen LogP contribution is 2.36. The van der Waals surface area contributed by atoms with Crippen molar-refractivity contribution in [3.63, 3.8) is 0 Å². The molecule has 2 aliphatic rings. The van der Waals surface area contributed by atoms with E-state index in [2.05, 4.69) is 12.2 Å².